The Kier molecular flexibility index (Phi) is 6.36. The summed E-state index contributed by atoms with van der Waals surface area (Å²) in [7, 11) is 0. The Hall–Kier alpha value is -1.80. The van der Waals surface area contributed by atoms with Crippen LogP contribution in [0.1, 0.15) is 68.3 Å². The number of hydrogen-bond donors (Lipinski definition) is 0. The standard InChI is InChI=1S/C25H28IN3O2/c26-25-19-15-17(11-12-21(19)29(28-25)23-10-4-6-14-31-23)16-22(30)24(18-7-1-2-8-18)20-9-3-5-13-27-20/h3,5,9,11-13,15,18,23-24H,1-2,4,6-8,10,14,16H2. The van der Waals surface area contributed by atoms with Crippen molar-refractivity contribution in [3.8, 4) is 0 Å². The fraction of sp³-hybridized carbons (Fsp3) is 0.480. The first-order valence-corrected chi connectivity index (χ1v) is 12.5. The van der Waals surface area contributed by atoms with Gasteiger partial charge in [-0.1, -0.05) is 25.0 Å². The predicted molar refractivity (Wildman–Crippen MR) is 129 cm³/mol. The number of rotatable bonds is 6. The van der Waals surface area contributed by atoms with E-state index in [1.165, 1.54) is 19.3 Å². The van der Waals surface area contributed by atoms with Gasteiger partial charge in [0, 0.05) is 24.6 Å². The van der Waals surface area contributed by atoms with Crippen molar-refractivity contribution in [2.45, 2.75) is 63.5 Å². The third-order valence-corrected chi connectivity index (χ3v) is 7.55. The maximum atomic E-state index is 13.5. The van der Waals surface area contributed by atoms with Crippen molar-refractivity contribution in [3.05, 3.63) is 57.6 Å². The fourth-order valence-corrected chi connectivity index (χ4v) is 5.89. The number of pyridine rings is 1. The van der Waals surface area contributed by atoms with Gasteiger partial charge in [-0.3, -0.25) is 9.78 Å². The zero-order valence-corrected chi connectivity index (χ0v) is 19.8. The van der Waals surface area contributed by atoms with Crippen LogP contribution in [0.5, 0.6) is 0 Å². The molecule has 1 saturated carbocycles. The van der Waals surface area contributed by atoms with E-state index >= 15 is 0 Å². The van der Waals surface area contributed by atoms with Gasteiger partial charge in [0.15, 0.2) is 6.23 Å². The van der Waals surface area contributed by atoms with Gasteiger partial charge in [-0.25, -0.2) is 4.68 Å². The minimum atomic E-state index is -0.100. The Labute approximate surface area is 196 Å². The molecule has 1 aliphatic carbocycles. The minimum absolute atomic E-state index is 0.0168. The zero-order valence-electron chi connectivity index (χ0n) is 17.7. The molecule has 0 spiro atoms. The second kappa shape index (κ2) is 9.36. The van der Waals surface area contributed by atoms with Crippen LogP contribution in [-0.2, 0) is 16.0 Å². The molecular weight excluding hydrogens is 501 g/mol. The molecule has 0 radical (unpaired) electrons. The van der Waals surface area contributed by atoms with Gasteiger partial charge < -0.3 is 4.74 Å². The summed E-state index contributed by atoms with van der Waals surface area (Å²) in [4.78, 5) is 18.0. The summed E-state index contributed by atoms with van der Waals surface area (Å²) in [5, 5.41) is 5.87. The number of hydrogen-bond acceptors (Lipinski definition) is 4. The van der Waals surface area contributed by atoms with Crippen molar-refractivity contribution in [1.82, 2.24) is 14.8 Å². The molecule has 0 bridgehead atoms. The Balaban J connectivity index is 1.41. The van der Waals surface area contributed by atoms with E-state index in [1.54, 1.807) is 6.20 Å². The number of carbonyl (C=O) groups excluding carboxylic acids is 1. The Bertz CT molecular complexity index is 1050. The highest BCUT2D eigenvalue weighted by atomic mass is 127. The van der Waals surface area contributed by atoms with Crippen molar-refractivity contribution in [1.29, 1.82) is 0 Å². The summed E-state index contributed by atoms with van der Waals surface area (Å²) in [6.45, 7) is 0.797. The molecule has 3 aromatic rings. The smallest absolute Gasteiger partial charge is 0.150 e. The summed E-state index contributed by atoms with van der Waals surface area (Å²) in [6, 6.07) is 12.3. The highest BCUT2D eigenvalue weighted by Crippen LogP contribution is 2.38. The molecule has 6 heteroatoms. The molecule has 3 heterocycles. The third-order valence-electron chi connectivity index (χ3n) is 6.76. The van der Waals surface area contributed by atoms with Crippen LogP contribution in [0, 0.1) is 9.62 Å². The lowest BCUT2D eigenvalue weighted by atomic mass is 9.82. The van der Waals surface area contributed by atoms with Crippen LogP contribution in [0.25, 0.3) is 10.9 Å². The largest absolute Gasteiger partial charge is 0.356 e. The zero-order chi connectivity index (χ0) is 21.2. The van der Waals surface area contributed by atoms with Gasteiger partial charge in [-0.15, -0.1) is 0 Å². The molecule has 2 aromatic heterocycles. The van der Waals surface area contributed by atoms with Gasteiger partial charge in [0.25, 0.3) is 0 Å². The van der Waals surface area contributed by atoms with E-state index in [2.05, 4.69) is 45.8 Å². The molecule has 2 atom stereocenters. The molecule has 162 valence electrons. The summed E-state index contributed by atoms with van der Waals surface area (Å²) >= 11 is 2.30. The number of Topliss-reactive ketones (excluding diaryl/α,β-unsaturated/α-hetero) is 1. The molecule has 2 fully saturated rings. The van der Waals surface area contributed by atoms with E-state index in [-0.39, 0.29) is 17.9 Å². The van der Waals surface area contributed by atoms with Crippen molar-refractivity contribution in [3.63, 3.8) is 0 Å². The highest BCUT2D eigenvalue weighted by Gasteiger charge is 2.32. The van der Waals surface area contributed by atoms with Crippen LogP contribution < -0.4 is 0 Å². The van der Waals surface area contributed by atoms with Crippen LogP contribution >= 0.6 is 22.6 Å². The molecule has 1 saturated heterocycles. The molecule has 0 amide bonds. The molecule has 0 N–H and O–H groups in total. The topological polar surface area (TPSA) is 57.0 Å². The van der Waals surface area contributed by atoms with E-state index in [9.17, 15) is 4.79 Å². The van der Waals surface area contributed by atoms with Crippen molar-refractivity contribution in [2.24, 2.45) is 5.92 Å². The fourth-order valence-electron chi connectivity index (χ4n) is 5.23. The van der Waals surface area contributed by atoms with Gasteiger partial charge in [0.05, 0.1) is 17.1 Å². The Morgan fingerprint density at radius 3 is 2.71 bits per heavy atom. The summed E-state index contributed by atoms with van der Waals surface area (Å²) in [6.07, 6.45) is 10.2. The first-order chi connectivity index (χ1) is 15.2. The van der Waals surface area contributed by atoms with Crippen molar-refractivity contribution in [2.75, 3.05) is 6.61 Å². The summed E-state index contributed by atoms with van der Waals surface area (Å²) in [5.41, 5.74) is 3.07. The van der Waals surface area contributed by atoms with Crippen LogP contribution in [-0.4, -0.2) is 27.2 Å². The number of nitrogens with zero attached hydrogens (tertiary/aromatic N) is 3. The van der Waals surface area contributed by atoms with Crippen LogP contribution in [0.2, 0.25) is 0 Å². The highest BCUT2D eigenvalue weighted by molar-refractivity contribution is 14.1. The summed E-state index contributed by atoms with van der Waals surface area (Å²) in [5.74, 6) is 0.595. The lowest BCUT2D eigenvalue weighted by Gasteiger charge is -2.23. The number of fused-ring (bicyclic) bond motifs is 1. The predicted octanol–water partition coefficient (Wildman–Crippen LogP) is 5.82. The maximum Gasteiger partial charge on any atom is 0.150 e. The third kappa shape index (κ3) is 4.42. The van der Waals surface area contributed by atoms with Gasteiger partial charge in [-0.2, -0.15) is 5.10 Å². The van der Waals surface area contributed by atoms with Crippen LogP contribution in [0.4, 0.5) is 0 Å². The molecule has 2 unspecified atom stereocenters. The first-order valence-electron chi connectivity index (χ1n) is 11.4. The molecular formula is C25H28IN3O2. The Morgan fingerprint density at radius 2 is 1.97 bits per heavy atom. The average Bonchev–Trinajstić information content (AvgIpc) is 3.44. The number of carbonyl (C=O) groups is 1. The van der Waals surface area contributed by atoms with E-state index in [4.69, 9.17) is 9.84 Å². The molecule has 31 heavy (non-hydrogen) atoms. The minimum Gasteiger partial charge on any atom is -0.356 e. The number of benzene rings is 1. The molecule has 1 aromatic carbocycles. The van der Waals surface area contributed by atoms with Gasteiger partial charge in [-0.05, 0) is 90.4 Å². The van der Waals surface area contributed by atoms with Crippen LogP contribution in [0.15, 0.2) is 42.6 Å². The number of ketones is 1. The Morgan fingerprint density at radius 1 is 1.13 bits per heavy atom. The normalized spacial score (nSPS) is 20.9. The van der Waals surface area contributed by atoms with E-state index in [1.807, 2.05) is 22.9 Å². The summed E-state index contributed by atoms with van der Waals surface area (Å²) < 4.78 is 8.94. The second-order valence-electron chi connectivity index (χ2n) is 8.83. The van der Waals surface area contributed by atoms with Crippen LogP contribution in [0.3, 0.4) is 0 Å². The quantitative estimate of drug-likeness (QED) is 0.378. The number of aromatic nitrogens is 3. The molecule has 1 aliphatic heterocycles. The van der Waals surface area contributed by atoms with Crippen molar-refractivity contribution < 1.29 is 9.53 Å². The monoisotopic (exact) mass is 529 g/mol. The SMILES string of the molecule is O=C(Cc1ccc2c(c1)c(I)nn2C1CCCCO1)C(c1ccccn1)C1CCCC1. The number of halogens is 1. The lowest BCUT2D eigenvalue weighted by Crippen LogP contribution is -2.23. The number of ether oxygens (including phenoxy) is 1. The van der Waals surface area contributed by atoms with Gasteiger partial charge in [0.2, 0.25) is 0 Å². The molecule has 5 nitrogen and oxygen atoms in total. The van der Waals surface area contributed by atoms with E-state index in [0.717, 1.165) is 58.2 Å². The lowest BCUT2D eigenvalue weighted by molar-refractivity contribution is -0.121. The van der Waals surface area contributed by atoms with Crippen molar-refractivity contribution >= 4 is 39.3 Å². The van der Waals surface area contributed by atoms with Gasteiger partial charge >= 0.3 is 0 Å². The van der Waals surface area contributed by atoms with E-state index in [0.29, 0.717) is 12.3 Å². The molecule has 5 rings (SSSR count). The second-order valence-corrected chi connectivity index (χ2v) is 9.85. The first kappa shape index (κ1) is 21.1. The average molecular weight is 529 g/mol. The van der Waals surface area contributed by atoms with Gasteiger partial charge in [0.1, 0.15) is 9.48 Å². The molecule has 2 aliphatic rings. The van der Waals surface area contributed by atoms with E-state index < -0.39 is 0 Å². The maximum absolute atomic E-state index is 13.5.